The van der Waals surface area contributed by atoms with E-state index in [1.165, 1.54) is 0 Å². The van der Waals surface area contributed by atoms with E-state index >= 15 is 0 Å². The first-order valence-electron chi connectivity index (χ1n) is 4.91. The number of aliphatic hydroxyl groups excluding tert-OH is 1. The number of benzene rings is 1. The van der Waals surface area contributed by atoms with Crippen molar-refractivity contribution < 1.29 is 19.8 Å². The monoisotopic (exact) mass is 298 g/mol. The highest BCUT2D eigenvalue weighted by molar-refractivity contribution is 9.10. The molecule has 0 heterocycles. The minimum absolute atomic E-state index is 0.153. The van der Waals surface area contributed by atoms with Crippen molar-refractivity contribution in [1.82, 2.24) is 0 Å². The topological polar surface area (TPSA) is 74.6 Å². The highest BCUT2D eigenvalue weighted by Crippen LogP contribution is 2.17. The molecule has 0 aliphatic carbocycles. The van der Waals surface area contributed by atoms with Crippen molar-refractivity contribution in [3.05, 3.63) is 46.1 Å². The van der Waals surface area contributed by atoms with Crippen molar-refractivity contribution in [3.8, 4) is 0 Å². The summed E-state index contributed by atoms with van der Waals surface area (Å²) in [5.41, 5.74) is 0.962. The zero-order valence-corrected chi connectivity index (χ0v) is 10.5. The summed E-state index contributed by atoms with van der Waals surface area (Å²) in [6, 6.07) is 7.46. The molecule has 1 aromatic rings. The largest absolute Gasteiger partial charge is 0.502 e. The van der Waals surface area contributed by atoms with Crippen LogP contribution in [0.15, 0.2) is 40.6 Å². The van der Waals surface area contributed by atoms with Gasteiger partial charge in [-0.25, -0.2) is 4.79 Å². The van der Waals surface area contributed by atoms with E-state index in [4.69, 9.17) is 10.2 Å². The van der Waals surface area contributed by atoms with E-state index in [2.05, 4.69) is 15.9 Å². The van der Waals surface area contributed by atoms with Crippen LogP contribution in [-0.4, -0.2) is 22.0 Å². The first-order valence-corrected chi connectivity index (χ1v) is 5.70. The normalized spacial score (nSPS) is 11.2. The number of ketones is 1. The fraction of sp³-hybridized carbons (Fsp3) is 0.167. The van der Waals surface area contributed by atoms with Crippen LogP contribution in [-0.2, 0) is 16.0 Å². The van der Waals surface area contributed by atoms with E-state index < -0.39 is 17.5 Å². The summed E-state index contributed by atoms with van der Waals surface area (Å²) in [7, 11) is 0. The van der Waals surface area contributed by atoms with Gasteiger partial charge in [0.1, 0.15) is 0 Å². The smallest absolute Gasteiger partial charge is 0.371 e. The Hall–Kier alpha value is -1.62. The van der Waals surface area contributed by atoms with E-state index in [0.717, 1.165) is 16.1 Å². The second kappa shape index (κ2) is 6.20. The number of carboxylic acids is 1. The summed E-state index contributed by atoms with van der Waals surface area (Å²) < 4.78 is 0.902. The lowest BCUT2D eigenvalue weighted by molar-refractivity contribution is -0.135. The average molecular weight is 299 g/mol. The Morgan fingerprint density at radius 3 is 2.47 bits per heavy atom. The highest BCUT2D eigenvalue weighted by Gasteiger charge is 2.08. The number of rotatable bonds is 5. The molecule has 0 fully saturated rings. The summed E-state index contributed by atoms with van der Waals surface area (Å²) >= 11 is 3.35. The molecule has 1 aromatic carbocycles. The number of halogens is 1. The molecule has 0 spiro atoms. The Bertz CT molecular complexity index is 465. The van der Waals surface area contributed by atoms with Crippen LogP contribution >= 0.6 is 15.9 Å². The molecule has 2 N–H and O–H groups in total. The quantitative estimate of drug-likeness (QED) is 0.647. The van der Waals surface area contributed by atoms with Gasteiger partial charge in [0.25, 0.3) is 0 Å². The first kappa shape index (κ1) is 13.4. The fourth-order valence-corrected chi connectivity index (χ4v) is 1.73. The summed E-state index contributed by atoms with van der Waals surface area (Å²) in [4.78, 5) is 21.6. The van der Waals surface area contributed by atoms with Crippen molar-refractivity contribution in [2.45, 2.75) is 12.8 Å². The third-order valence-corrected chi connectivity index (χ3v) is 2.89. The van der Waals surface area contributed by atoms with E-state index in [1.807, 2.05) is 24.3 Å². The molecule has 0 radical (unpaired) electrons. The maximum absolute atomic E-state index is 11.3. The number of aliphatic hydroxyl groups is 1. The van der Waals surface area contributed by atoms with Crippen molar-refractivity contribution in [1.29, 1.82) is 0 Å². The van der Waals surface area contributed by atoms with Crippen molar-refractivity contribution in [3.63, 3.8) is 0 Å². The number of carbonyl (C=O) groups excluding carboxylic acids is 1. The van der Waals surface area contributed by atoms with Crippen LogP contribution in [0.3, 0.4) is 0 Å². The van der Waals surface area contributed by atoms with Crippen molar-refractivity contribution >= 4 is 27.7 Å². The predicted molar refractivity (Wildman–Crippen MR) is 65.8 cm³/mol. The van der Waals surface area contributed by atoms with Crippen LogP contribution < -0.4 is 0 Å². The fourth-order valence-electron chi connectivity index (χ4n) is 1.25. The molecule has 0 atom stereocenters. The molecule has 1 rings (SSSR count). The summed E-state index contributed by atoms with van der Waals surface area (Å²) in [6.07, 6.45) is 1.38. The lowest BCUT2D eigenvalue weighted by Crippen LogP contribution is -2.04. The second-order valence-corrected chi connectivity index (χ2v) is 4.25. The van der Waals surface area contributed by atoms with Crippen molar-refractivity contribution in [2.75, 3.05) is 0 Å². The molecule has 4 nitrogen and oxygen atoms in total. The van der Waals surface area contributed by atoms with E-state index in [1.54, 1.807) is 0 Å². The van der Waals surface area contributed by atoms with Gasteiger partial charge in [-0.15, -0.1) is 0 Å². The molecule has 0 aliphatic heterocycles. The van der Waals surface area contributed by atoms with Crippen LogP contribution in [0.5, 0.6) is 0 Å². The summed E-state index contributed by atoms with van der Waals surface area (Å²) in [5, 5.41) is 17.3. The van der Waals surface area contributed by atoms with E-state index in [-0.39, 0.29) is 6.42 Å². The zero-order valence-electron chi connectivity index (χ0n) is 8.89. The van der Waals surface area contributed by atoms with Gasteiger partial charge in [-0.1, -0.05) is 34.1 Å². The SMILES string of the molecule is O=C(C=C(O)C(=O)O)CCc1ccccc1Br. The Morgan fingerprint density at radius 2 is 1.88 bits per heavy atom. The van der Waals surface area contributed by atoms with Gasteiger partial charge >= 0.3 is 5.97 Å². The van der Waals surface area contributed by atoms with Gasteiger partial charge in [0.05, 0.1) is 0 Å². The molecule has 0 unspecified atom stereocenters. The number of carbonyl (C=O) groups is 2. The Balaban J connectivity index is 2.58. The number of aliphatic carboxylic acids is 1. The molecule has 0 amide bonds. The van der Waals surface area contributed by atoms with Gasteiger partial charge in [-0.2, -0.15) is 0 Å². The van der Waals surface area contributed by atoms with Crippen LogP contribution in [0, 0.1) is 0 Å². The Labute approximate surface area is 107 Å². The van der Waals surface area contributed by atoms with Crippen molar-refractivity contribution in [2.24, 2.45) is 0 Å². The third-order valence-electron chi connectivity index (χ3n) is 2.12. The summed E-state index contributed by atoms with van der Waals surface area (Å²) in [5.74, 6) is -2.85. The molecule has 0 bridgehead atoms. The molecule has 90 valence electrons. The van der Waals surface area contributed by atoms with Gasteiger partial charge in [0.15, 0.2) is 5.78 Å². The lowest BCUT2D eigenvalue weighted by atomic mass is 10.1. The number of carboxylic acid groups (broad SMARTS) is 1. The zero-order chi connectivity index (χ0) is 12.8. The van der Waals surface area contributed by atoms with Crippen LogP contribution in [0.2, 0.25) is 0 Å². The molecule has 0 saturated carbocycles. The highest BCUT2D eigenvalue weighted by atomic mass is 79.9. The molecule has 5 heteroatoms. The standard InChI is InChI=1S/C12H11BrO4/c13-10-4-2-1-3-8(10)5-6-9(14)7-11(15)12(16)17/h1-4,7,15H,5-6H2,(H,16,17). The lowest BCUT2D eigenvalue weighted by Gasteiger charge is -2.01. The maximum Gasteiger partial charge on any atom is 0.371 e. The second-order valence-electron chi connectivity index (χ2n) is 3.39. The number of aryl methyl sites for hydroxylation is 1. The molecular formula is C12H11BrO4. The van der Waals surface area contributed by atoms with Gasteiger partial charge in [0.2, 0.25) is 5.76 Å². The maximum atomic E-state index is 11.3. The van der Waals surface area contributed by atoms with E-state index in [9.17, 15) is 9.59 Å². The molecule has 17 heavy (non-hydrogen) atoms. The minimum Gasteiger partial charge on any atom is -0.502 e. The molecule has 0 saturated heterocycles. The molecule has 0 aliphatic rings. The molecular weight excluding hydrogens is 288 g/mol. The molecule has 0 aromatic heterocycles. The van der Waals surface area contributed by atoms with Crippen LogP contribution in [0.1, 0.15) is 12.0 Å². The summed E-state index contributed by atoms with van der Waals surface area (Å²) in [6.45, 7) is 0. The Kier molecular flexibility index (Phi) is 4.90. The number of allylic oxidation sites excluding steroid dienone is 1. The van der Waals surface area contributed by atoms with Gasteiger partial charge in [0, 0.05) is 17.0 Å². The third kappa shape index (κ3) is 4.40. The van der Waals surface area contributed by atoms with Crippen LogP contribution in [0.4, 0.5) is 0 Å². The van der Waals surface area contributed by atoms with Crippen LogP contribution in [0.25, 0.3) is 0 Å². The van der Waals surface area contributed by atoms with Gasteiger partial charge < -0.3 is 10.2 Å². The average Bonchev–Trinajstić information content (AvgIpc) is 2.27. The predicted octanol–water partition coefficient (Wildman–Crippen LogP) is 2.48. The number of hydrogen-bond donors (Lipinski definition) is 2. The van der Waals surface area contributed by atoms with Gasteiger partial charge in [-0.05, 0) is 18.1 Å². The number of hydrogen-bond acceptors (Lipinski definition) is 3. The minimum atomic E-state index is -1.50. The Morgan fingerprint density at radius 1 is 1.24 bits per heavy atom. The van der Waals surface area contributed by atoms with E-state index in [0.29, 0.717) is 6.42 Å². The van der Waals surface area contributed by atoms with Gasteiger partial charge in [-0.3, -0.25) is 4.79 Å². The first-order chi connectivity index (χ1) is 8.00.